The molecule has 2 heterocycles. The Morgan fingerprint density at radius 1 is 1.37 bits per heavy atom. The molecule has 1 N–H and O–H groups in total. The maximum atomic E-state index is 11.8. The number of nitrogens with zero attached hydrogens (tertiary/aromatic N) is 2. The van der Waals surface area contributed by atoms with Crippen LogP contribution in [0.1, 0.15) is 10.4 Å². The highest BCUT2D eigenvalue weighted by atomic mass is 32.1. The van der Waals surface area contributed by atoms with E-state index in [1.165, 1.54) is 0 Å². The third-order valence-corrected chi connectivity index (χ3v) is 3.56. The van der Waals surface area contributed by atoms with Gasteiger partial charge in [0, 0.05) is 37.3 Å². The molecule has 0 unspecified atom stereocenters. The number of nitrogens with one attached hydrogen (secondary N) is 1. The minimum absolute atomic E-state index is 0.0380. The fourth-order valence-corrected chi connectivity index (χ4v) is 2.50. The monoisotopic (exact) mass is 275 g/mol. The van der Waals surface area contributed by atoms with Gasteiger partial charge in [-0.1, -0.05) is 12.1 Å². The van der Waals surface area contributed by atoms with Crippen molar-refractivity contribution < 1.29 is 4.79 Å². The molecule has 0 fully saturated rings. The number of anilines is 1. The topological polar surface area (TPSA) is 45.2 Å². The Hall–Kier alpha value is -1.88. The SMILES string of the molecule is CN(C)c1ncccc1CNC(=O)Cc1cccs1. The number of hydrogen-bond donors (Lipinski definition) is 1. The van der Waals surface area contributed by atoms with Crippen LogP contribution in [-0.4, -0.2) is 25.0 Å². The van der Waals surface area contributed by atoms with Crippen molar-refractivity contribution in [3.63, 3.8) is 0 Å². The van der Waals surface area contributed by atoms with Crippen molar-refractivity contribution in [3.8, 4) is 0 Å². The highest BCUT2D eigenvalue weighted by Crippen LogP contribution is 2.14. The predicted molar refractivity (Wildman–Crippen MR) is 78.4 cm³/mol. The molecule has 0 saturated heterocycles. The van der Waals surface area contributed by atoms with Crippen molar-refractivity contribution in [2.45, 2.75) is 13.0 Å². The van der Waals surface area contributed by atoms with Gasteiger partial charge in [0.2, 0.25) is 5.91 Å². The Bertz CT molecular complexity index is 537. The molecule has 0 aliphatic heterocycles. The van der Waals surface area contributed by atoms with Crippen LogP contribution in [0.25, 0.3) is 0 Å². The van der Waals surface area contributed by atoms with Gasteiger partial charge in [0.1, 0.15) is 5.82 Å². The summed E-state index contributed by atoms with van der Waals surface area (Å²) in [6, 6.07) is 7.79. The minimum Gasteiger partial charge on any atom is -0.362 e. The molecule has 2 aromatic rings. The zero-order valence-electron chi connectivity index (χ0n) is 11.1. The van der Waals surface area contributed by atoms with Crippen LogP contribution in [0.2, 0.25) is 0 Å². The van der Waals surface area contributed by atoms with E-state index in [2.05, 4.69) is 10.3 Å². The summed E-state index contributed by atoms with van der Waals surface area (Å²) >= 11 is 1.60. The Morgan fingerprint density at radius 3 is 2.89 bits per heavy atom. The average Bonchev–Trinajstić information content (AvgIpc) is 2.89. The predicted octanol–water partition coefficient (Wildman–Crippen LogP) is 2.07. The van der Waals surface area contributed by atoms with E-state index in [1.807, 2.05) is 48.6 Å². The van der Waals surface area contributed by atoms with E-state index >= 15 is 0 Å². The maximum Gasteiger partial charge on any atom is 0.225 e. The largest absolute Gasteiger partial charge is 0.362 e. The van der Waals surface area contributed by atoms with Gasteiger partial charge in [-0.05, 0) is 17.5 Å². The van der Waals surface area contributed by atoms with Gasteiger partial charge in [0.15, 0.2) is 0 Å². The molecule has 0 spiro atoms. The summed E-state index contributed by atoms with van der Waals surface area (Å²) in [5.41, 5.74) is 1.02. The van der Waals surface area contributed by atoms with Crippen LogP contribution in [0, 0.1) is 0 Å². The Kier molecular flexibility index (Phi) is 4.52. The number of carbonyl (C=O) groups is 1. The van der Waals surface area contributed by atoms with Gasteiger partial charge in [-0.25, -0.2) is 4.98 Å². The Labute approximate surface area is 117 Å². The van der Waals surface area contributed by atoms with Crippen molar-refractivity contribution in [3.05, 3.63) is 46.3 Å². The molecule has 0 atom stereocenters. The zero-order valence-corrected chi connectivity index (χ0v) is 11.9. The van der Waals surface area contributed by atoms with E-state index < -0.39 is 0 Å². The molecule has 2 rings (SSSR count). The van der Waals surface area contributed by atoms with Gasteiger partial charge < -0.3 is 10.2 Å². The molecule has 0 radical (unpaired) electrons. The van der Waals surface area contributed by atoms with Crippen molar-refractivity contribution in [1.82, 2.24) is 10.3 Å². The third kappa shape index (κ3) is 3.79. The van der Waals surface area contributed by atoms with Crippen LogP contribution in [0.15, 0.2) is 35.8 Å². The van der Waals surface area contributed by atoms with Crippen molar-refractivity contribution >= 4 is 23.1 Å². The molecule has 0 bridgehead atoms. The van der Waals surface area contributed by atoms with Gasteiger partial charge in [-0.2, -0.15) is 0 Å². The molecule has 5 heteroatoms. The summed E-state index contributed by atoms with van der Waals surface area (Å²) in [5, 5.41) is 4.91. The molecule has 0 saturated carbocycles. The fraction of sp³-hybridized carbons (Fsp3) is 0.286. The highest BCUT2D eigenvalue weighted by molar-refractivity contribution is 7.10. The third-order valence-electron chi connectivity index (χ3n) is 2.68. The minimum atomic E-state index is 0.0380. The lowest BCUT2D eigenvalue weighted by Gasteiger charge is -2.16. The van der Waals surface area contributed by atoms with E-state index in [0.29, 0.717) is 13.0 Å². The van der Waals surface area contributed by atoms with Gasteiger partial charge in [-0.15, -0.1) is 11.3 Å². The van der Waals surface area contributed by atoms with Gasteiger partial charge in [-0.3, -0.25) is 4.79 Å². The standard InChI is InChI=1S/C14H17N3OS/c1-17(2)14-11(5-3-7-15-14)10-16-13(18)9-12-6-4-8-19-12/h3-8H,9-10H2,1-2H3,(H,16,18). The van der Waals surface area contributed by atoms with Crippen LogP contribution in [0.3, 0.4) is 0 Å². The number of aromatic nitrogens is 1. The summed E-state index contributed by atoms with van der Waals surface area (Å²) in [5.74, 6) is 0.926. The molecular formula is C14H17N3OS. The van der Waals surface area contributed by atoms with Crippen LogP contribution < -0.4 is 10.2 Å². The lowest BCUT2D eigenvalue weighted by Crippen LogP contribution is -2.25. The molecular weight excluding hydrogens is 258 g/mol. The van der Waals surface area contributed by atoms with E-state index in [-0.39, 0.29) is 5.91 Å². The van der Waals surface area contributed by atoms with E-state index in [9.17, 15) is 4.79 Å². The van der Waals surface area contributed by atoms with Gasteiger partial charge in [0.05, 0.1) is 6.42 Å². The van der Waals surface area contributed by atoms with Crippen LogP contribution in [0.5, 0.6) is 0 Å². The van der Waals surface area contributed by atoms with E-state index in [1.54, 1.807) is 17.5 Å². The van der Waals surface area contributed by atoms with Gasteiger partial charge in [0.25, 0.3) is 0 Å². The Balaban J connectivity index is 1.93. The second kappa shape index (κ2) is 6.33. The number of rotatable bonds is 5. The number of pyridine rings is 1. The van der Waals surface area contributed by atoms with Crippen molar-refractivity contribution in [1.29, 1.82) is 0 Å². The first kappa shape index (κ1) is 13.5. The molecule has 100 valence electrons. The highest BCUT2D eigenvalue weighted by Gasteiger charge is 2.08. The molecule has 0 aromatic carbocycles. The summed E-state index contributed by atoms with van der Waals surface area (Å²) in [4.78, 5) is 19.2. The molecule has 19 heavy (non-hydrogen) atoms. The molecule has 4 nitrogen and oxygen atoms in total. The second-order valence-electron chi connectivity index (χ2n) is 4.41. The van der Waals surface area contributed by atoms with E-state index in [4.69, 9.17) is 0 Å². The first-order chi connectivity index (χ1) is 9.16. The molecule has 0 aliphatic rings. The lowest BCUT2D eigenvalue weighted by atomic mass is 10.2. The summed E-state index contributed by atoms with van der Waals surface area (Å²) in [7, 11) is 3.89. The summed E-state index contributed by atoms with van der Waals surface area (Å²) in [6.07, 6.45) is 2.20. The number of carbonyl (C=O) groups excluding carboxylic acids is 1. The quantitative estimate of drug-likeness (QED) is 0.908. The number of amides is 1. The normalized spacial score (nSPS) is 10.2. The smallest absolute Gasteiger partial charge is 0.225 e. The fourth-order valence-electron chi connectivity index (χ4n) is 1.80. The van der Waals surface area contributed by atoms with Crippen LogP contribution in [-0.2, 0) is 17.8 Å². The number of thiophene rings is 1. The van der Waals surface area contributed by atoms with Crippen molar-refractivity contribution in [2.24, 2.45) is 0 Å². The van der Waals surface area contributed by atoms with Crippen molar-refractivity contribution in [2.75, 3.05) is 19.0 Å². The van der Waals surface area contributed by atoms with E-state index in [0.717, 1.165) is 16.3 Å². The first-order valence-corrected chi connectivity index (χ1v) is 6.95. The van der Waals surface area contributed by atoms with Gasteiger partial charge >= 0.3 is 0 Å². The molecule has 0 aliphatic carbocycles. The van der Waals surface area contributed by atoms with Crippen LogP contribution >= 0.6 is 11.3 Å². The molecule has 2 aromatic heterocycles. The number of hydrogen-bond acceptors (Lipinski definition) is 4. The maximum absolute atomic E-state index is 11.8. The summed E-state index contributed by atoms with van der Waals surface area (Å²) < 4.78 is 0. The molecule has 1 amide bonds. The Morgan fingerprint density at radius 2 is 2.21 bits per heavy atom. The lowest BCUT2D eigenvalue weighted by molar-refractivity contribution is -0.120. The summed E-state index contributed by atoms with van der Waals surface area (Å²) in [6.45, 7) is 0.506. The first-order valence-electron chi connectivity index (χ1n) is 6.07. The van der Waals surface area contributed by atoms with Crippen LogP contribution in [0.4, 0.5) is 5.82 Å². The second-order valence-corrected chi connectivity index (χ2v) is 5.45. The zero-order chi connectivity index (χ0) is 13.7. The average molecular weight is 275 g/mol.